The van der Waals surface area contributed by atoms with E-state index in [2.05, 4.69) is 15.5 Å². The van der Waals surface area contributed by atoms with Crippen LogP contribution >= 0.6 is 23.1 Å². The molecule has 3 aromatic heterocycles. The maximum atomic E-state index is 12.7. The molecule has 0 aliphatic heterocycles. The molecule has 3 aromatic rings. The molecule has 0 spiro atoms. The minimum absolute atomic E-state index is 0.0521. The predicted octanol–water partition coefficient (Wildman–Crippen LogP) is 3.14. The second kappa shape index (κ2) is 7.40. The lowest BCUT2D eigenvalue weighted by atomic mass is 10.2. The number of anilines is 1. The van der Waals surface area contributed by atoms with Crippen LogP contribution in [0.15, 0.2) is 32.0 Å². The average Bonchev–Trinajstić information content (AvgIpc) is 3.17. The second-order valence-electron chi connectivity index (χ2n) is 6.00. The summed E-state index contributed by atoms with van der Waals surface area (Å²) in [6.45, 7) is 6.40. The van der Waals surface area contributed by atoms with Crippen LogP contribution in [0.1, 0.15) is 19.6 Å². The smallest absolute Gasteiger partial charge is 0.272 e. The first-order valence-corrected chi connectivity index (χ1v) is 9.64. The van der Waals surface area contributed by atoms with Crippen molar-refractivity contribution in [3.05, 3.63) is 33.6 Å². The Morgan fingerprint density at radius 1 is 1.48 bits per heavy atom. The van der Waals surface area contributed by atoms with Gasteiger partial charge in [-0.2, -0.15) is 0 Å². The number of fused-ring (bicyclic) bond motifs is 1. The first kappa shape index (κ1) is 17.7. The molecular weight excluding hydrogens is 360 g/mol. The first-order valence-electron chi connectivity index (χ1n) is 7.78. The van der Waals surface area contributed by atoms with Gasteiger partial charge in [-0.15, -0.1) is 11.3 Å². The number of carbonyl (C=O) groups excluding carboxylic acids is 1. The summed E-state index contributed by atoms with van der Waals surface area (Å²) in [5.41, 5.74) is 0.619. The molecule has 0 fully saturated rings. The van der Waals surface area contributed by atoms with Crippen LogP contribution in [-0.2, 0) is 11.3 Å². The van der Waals surface area contributed by atoms with Crippen LogP contribution in [0.4, 0.5) is 5.82 Å². The minimum Gasteiger partial charge on any atom is -0.360 e. The molecule has 0 aliphatic rings. The zero-order valence-electron chi connectivity index (χ0n) is 14.1. The Morgan fingerprint density at radius 3 is 2.96 bits per heavy atom. The van der Waals surface area contributed by atoms with E-state index in [1.807, 2.05) is 25.3 Å². The van der Waals surface area contributed by atoms with Crippen LogP contribution in [-0.4, -0.2) is 26.4 Å². The van der Waals surface area contributed by atoms with Crippen LogP contribution < -0.4 is 10.9 Å². The molecule has 7 nitrogen and oxygen atoms in total. The molecule has 25 heavy (non-hydrogen) atoms. The monoisotopic (exact) mass is 378 g/mol. The van der Waals surface area contributed by atoms with Crippen molar-refractivity contribution in [2.75, 3.05) is 11.1 Å². The van der Waals surface area contributed by atoms with Crippen molar-refractivity contribution in [2.45, 2.75) is 32.5 Å². The number of hydrogen-bond donors (Lipinski definition) is 1. The summed E-state index contributed by atoms with van der Waals surface area (Å²) in [6.07, 6.45) is 0. The number of amides is 1. The second-order valence-corrected chi connectivity index (χ2v) is 7.86. The van der Waals surface area contributed by atoms with Crippen molar-refractivity contribution < 1.29 is 9.32 Å². The standard InChI is InChI=1S/C16H18N4O3S2/c1-9(2)7-20-15(22)14-11(4-5-24-14)17-16(20)25-8-13(21)18-12-6-10(3)23-19-12/h4-6,9H,7-8H2,1-3H3,(H,18,19,21). The van der Waals surface area contributed by atoms with Crippen LogP contribution in [0.25, 0.3) is 10.2 Å². The van der Waals surface area contributed by atoms with Gasteiger partial charge in [0, 0.05) is 12.6 Å². The van der Waals surface area contributed by atoms with Gasteiger partial charge in [-0.05, 0) is 24.3 Å². The number of carbonyl (C=O) groups is 1. The normalized spacial score (nSPS) is 11.4. The SMILES string of the molecule is Cc1cc(NC(=O)CSc2nc3ccsc3c(=O)n2CC(C)C)no1. The Labute approximate surface area is 152 Å². The van der Waals surface area contributed by atoms with E-state index in [0.29, 0.717) is 39.4 Å². The molecule has 0 bridgehead atoms. The van der Waals surface area contributed by atoms with E-state index in [1.165, 1.54) is 23.1 Å². The van der Waals surface area contributed by atoms with Gasteiger partial charge in [-0.1, -0.05) is 30.8 Å². The van der Waals surface area contributed by atoms with Gasteiger partial charge in [0.05, 0.1) is 11.3 Å². The Bertz CT molecular complexity index is 958. The maximum Gasteiger partial charge on any atom is 0.272 e. The molecule has 3 heterocycles. The zero-order chi connectivity index (χ0) is 18.0. The highest BCUT2D eigenvalue weighted by Crippen LogP contribution is 2.22. The molecule has 1 amide bonds. The number of rotatable bonds is 6. The first-order chi connectivity index (χ1) is 11.9. The van der Waals surface area contributed by atoms with E-state index in [4.69, 9.17) is 4.52 Å². The largest absolute Gasteiger partial charge is 0.360 e. The highest BCUT2D eigenvalue weighted by atomic mass is 32.2. The molecule has 0 aliphatic carbocycles. The van der Waals surface area contributed by atoms with E-state index in [0.717, 1.165) is 0 Å². The Balaban J connectivity index is 1.79. The quantitative estimate of drug-likeness (QED) is 0.523. The van der Waals surface area contributed by atoms with Gasteiger partial charge in [0.15, 0.2) is 11.0 Å². The molecular formula is C16H18N4O3S2. The molecule has 1 N–H and O–H groups in total. The number of hydrogen-bond acceptors (Lipinski definition) is 7. The van der Waals surface area contributed by atoms with E-state index < -0.39 is 0 Å². The third kappa shape index (κ3) is 4.10. The van der Waals surface area contributed by atoms with Gasteiger partial charge in [-0.3, -0.25) is 14.2 Å². The van der Waals surface area contributed by atoms with Crippen molar-refractivity contribution in [3.63, 3.8) is 0 Å². The molecule has 0 unspecified atom stereocenters. The molecule has 3 rings (SSSR count). The Kier molecular flexibility index (Phi) is 5.24. The molecule has 0 saturated heterocycles. The molecule has 0 aromatic carbocycles. The summed E-state index contributed by atoms with van der Waals surface area (Å²) in [5, 5.41) is 8.80. The fraction of sp³-hybridized carbons (Fsp3) is 0.375. The third-order valence-corrected chi connectivity index (χ3v) is 5.17. The van der Waals surface area contributed by atoms with Gasteiger partial charge < -0.3 is 9.84 Å². The van der Waals surface area contributed by atoms with Crippen LogP contribution in [0.3, 0.4) is 0 Å². The van der Waals surface area contributed by atoms with Crippen molar-refractivity contribution in [3.8, 4) is 0 Å². The lowest BCUT2D eigenvalue weighted by molar-refractivity contribution is -0.113. The lowest BCUT2D eigenvalue weighted by Crippen LogP contribution is -2.25. The zero-order valence-corrected chi connectivity index (χ0v) is 15.7. The fourth-order valence-electron chi connectivity index (χ4n) is 2.29. The van der Waals surface area contributed by atoms with E-state index in [-0.39, 0.29) is 17.2 Å². The highest BCUT2D eigenvalue weighted by Gasteiger charge is 2.15. The highest BCUT2D eigenvalue weighted by molar-refractivity contribution is 7.99. The third-order valence-electron chi connectivity index (χ3n) is 3.31. The van der Waals surface area contributed by atoms with Crippen LogP contribution in [0.5, 0.6) is 0 Å². The molecule has 132 valence electrons. The minimum atomic E-state index is -0.228. The summed E-state index contributed by atoms with van der Waals surface area (Å²) in [4.78, 5) is 29.3. The lowest BCUT2D eigenvalue weighted by Gasteiger charge is -2.13. The number of aromatic nitrogens is 3. The molecule has 0 saturated carbocycles. The maximum absolute atomic E-state index is 12.7. The molecule has 9 heteroatoms. The van der Waals surface area contributed by atoms with Crippen molar-refractivity contribution in [1.82, 2.24) is 14.7 Å². The van der Waals surface area contributed by atoms with Gasteiger partial charge >= 0.3 is 0 Å². The van der Waals surface area contributed by atoms with Gasteiger partial charge in [0.1, 0.15) is 10.5 Å². The molecule has 0 atom stereocenters. The van der Waals surface area contributed by atoms with Crippen molar-refractivity contribution in [1.29, 1.82) is 0 Å². The van der Waals surface area contributed by atoms with Crippen LogP contribution in [0, 0.1) is 12.8 Å². The topological polar surface area (TPSA) is 90.0 Å². The number of nitrogens with zero attached hydrogens (tertiary/aromatic N) is 3. The van der Waals surface area contributed by atoms with Crippen LogP contribution in [0.2, 0.25) is 0 Å². The number of thiophene rings is 1. The summed E-state index contributed by atoms with van der Waals surface area (Å²) >= 11 is 2.63. The predicted molar refractivity (Wildman–Crippen MR) is 99.3 cm³/mol. The molecule has 0 radical (unpaired) electrons. The summed E-state index contributed by atoms with van der Waals surface area (Å²) in [7, 11) is 0. The van der Waals surface area contributed by atoms with Gasteiger partial charge in [0.2, 0.25) is 5.91 Å². The van der Waals surface area contributed by atoms with E-state index in [9.17, 15) is 9.59 Å². The number of nitrogens with one attached hydrogen (secondary N) is 1. The summed E-state index contributed by atoms with van der Waals surface area (Å²) in [5.74, 6) is 1.20. The summed E-state index contributed by atoms with van der Waals surface area (Å²) < 4.78 is 7.22. The van der Waals surface area contributed by atoms with Crippen molar-refractivity contribution >= 4 is 45.0 Å². The fourth-order valence-corrected chi connectivity index (χ4v) is 3.88. The van der Waals surface area contributed by atoms with Gasteiger partial charge in [0.25, 0.3) is 5.56 Å². The average molecular weight is 378 g/mol. The number of aryl methyl sites for hydroxylation is 1. The van der Waals surface area contributed by atoms with E-state index in [1.54, 1.807) is 17.6 Å². The van der Waals surface area contributed by atoms with E-state index >= 15 is 0 Å². The van der Waals surface area contributed by atoms with Crippen molar-refractivity contribution in [2.24, 2.45) is 5.92 Å². The Hall–Kier alpha value is -2.13. The van der Waals surface area contributed by atoms with Gasteiger partial charge in [-0.25, -0.2) is 4.98 Å². The number of thioether (sulfide) groups is 1. The summed E-state index contributed by atoms with van der Waals surface area (Å²) in [6, 6.07) is 3.47. The Morgan fingerprint density at radius 2 is 2.28 bits per heavy atom.